The number of hydrogen-bond donors (Lipinski definition) is 3. The number of hydrogen-bond acceptors (Lipinski definition) is 3. The monoisotopic (exact) mass is 285 g/mol. The molecule has 5 heteroatoms. The lowest BCUT2D eigenvalue weighted by Crippen LogP contribution is -2.59. The second kappa shape index (κ2) is 5.76. The number of carboxylic acid groups (broad SMARTS) is 2. The van der Waals surface area contributed by atoms with Gasteiger partial charge < -0.3 is 15.9 Å². The zero-order valence-electron chi connectivity index (χ0n) is 11.1. The second-order valence-electron chi connectivity index (χ2n) is 4.73. The molecule has 0 heterocycles. The first kappa shape index (κ1) is 14.7. The number of carboxylic acids is 2. The molecule has 0 atom stereocenters. The zero-order chi connectivity index (χ0) is 15.5. The predicted octanol–water partition coefficient (Wildman–Crippen LogP) is 1.69. The third-order valence-corrected chi connectivity index (χ3v) is 3.43. The van der Waals surface area contributed by atoms with Crippen molar-refractivity contribution in [3.05, 3.63) is 71.8 Å². The number of carbonyl (C=O) groups is 2. The van der Waals surface area contributed by atoms with E-state index in [1.165, 1.54) is 0 Å². The van der Waals surface area contributed by atoms with Gasteiger partial charge in [-0.3, -0.25) is 0 Å². The molecule has 2 aromatic rings. The highest BCUT2D eigenvalue weighted by atomic mass is 16.4. The van der Waals surface area contributed by atoms with Gasteiger partial charge in [0, 0.05) is 5.92 Å². The quantitative estimate of drug-likeness (QED) is 0.726. The van der Waals surface area contributed by atoms with Gasteiger partial charge in [0.1, 0.15) is 0 Å². The fourth-order valence-electron chi connectivity index (χ4n) is 2.35. The standard InChI is InChI=1S/C16H15NO4/c17-16(14(18)19,15(20)21)13(11-7-3-1-4-8-11)12-9-5-2-6-10-12/h1-10,13H,17H2,(H,18,19)(H,20,21). The van der Waals surface area contributed by atoms with E-state index in [2.05, 4.69) is 0 Å². The van der Waals surface area contributed by atoms with Gasteiger partial charge in [-0.05, 0) is 11.1 Å². The van der Waals surface area contributed by atoms with Gasteiger partial charge in [0.15, 0.2) is 0 Å². The maximum Gasteiger partial charge on any atom is 0.336 e. The average Bonchev–Trinajstić information content (AvgIpc) is 2.49. The number of rotatable bonds is 5. The van der Waals surface area contributed by atoms with Crippen molar-refractivity contribution in [1.82, 2.24) is 0 Å². The second-order valence-corrected chi connectivity index (χ2v) is 4.73. The number of benzene rings is 2. The van der Waals surface area contributed by atoms with Crippen LogP contribution in [0.1, 0.15) is 17.0 Å². The van der Waals surface area contributed by atoms with Crippen LogP contribution >= 0.6 is 0 Å². The summed E-state index contributed by atoms with van der Waals surface area (Å²) in [5.41, 5.74) is 4.43. The minimum absolute atomic E-state index is 0.538. The first-order valence-corrected chi connectivity index (χ1v) is 6.33. The minimum atomic E-state index is -2.44. The number of nitrogens with two attached hydrogens (primary N) is 1. The van der Waals surface area contributed by atoms with Gasteiger partial charge in [0.25, 0.3) is 0 Å². The molecule has 5 nitrogen and oxygen atoms in total. The molecule has 2 aromatic carbocycles. The van der Waals surface area contributed by atoms with E-state index in [0.29, 0.717) is 11.1 Å². The summed E-state index contributed by atoms with van der Waals surface area (Å²) in [5, 5.41) is 18.8. The molecule has 0 aliphatic rings. The molecule has 0 bridgehead atoms. The lowest BCUT2D eigenvalue weighted by molar-refractivity contribution is -0.157. The van der Waals surface area contributed by atoms with E-state index in [4.69, 9.17) is 5.73 Å². The van der Waals surface area contributed by atoms with Crippen LogP contribution in [0.25, 0.3) is 0 Å². The van der Waals surface area contributed by atoms with Gasteiger partial charge in [0.05, 0.1) is 0 Å². The summed E-state index contributed by atoms with van der Waals surface area (Å²) in [6.45, 7) is 0. The van der Waals surface area contributed by atoms with Crippen LogP contribution in [-0.2, 0) is 9.59 Å². The van der Waals surface area contributed by atoms with E-state index in [0.717, 1.165) is 0 Å². The third kappa shape index (κ3) is 2.64. The lowest BCUT2D eigenvalue weighted by atomic mass is 9.75. The van der Waals surface area contributed by atoms with Gasteiger partial charge >= 0.3 is 11.9 Å². The van der Waals surface area contributed by atoms with Gasteiger partial charge in [-0.15, -0.1) is 0 Å². The van der Waals surface area contributed by atoms with Gasteiger partial charge in [-0.1, -0.05) is 60.7 Å². The Hall–Kier alpha value is -2.66. The van der Waals surface area contributed by atoms with Crippen molar-refractivity contribution in [3.63, 3.8) is 0 Å². The highest BCUT2D eigenvalue weighted by Gasteiger charge is 2.51. The zero-order valence-corrected chi connectivity index (χ0v) is 11.1. The van der Waals surface area contributed by atoms with Crippen LogP contribution in [0.3, 0.4) is 0 Å². The highest BCUT2D eigenvalue weighted by Crippen LogP contribution is 2.34. The summed E-state index contributed by atoms with van der Waals surface area (Å²) >= 11 is 0. The SMILES string of the molecule is NC(C(=O)O)(C(=O)O)C(c1ccccc1)c1ccccc1. The van der Waals surface area contributed by atoms with E-state index in [1.807, 2.05) is 0 Å². The van der Waals surface area contributed by atoms with Crippen LogP contribution in [0.15, 0.2) is 60.7 Å². The Labute approximate surface area is 121 Å². The van der Waals surface area contributed by atoms with Crippen LogP contribution in [0.2, 0.25) is 0 Å². The lowest BCUT2D eigenvalue weighted by Gasteiger charge is -2.30. The normalized spacial score (nSPS) is 11.3. The van der Waals surface area contributed by atoms with Gasteiger partial charge in [-0.2, -0.15) is 0 Å². The number of aliphatic carboxylic acids is 2. The maximum atomic E-state index is 11.5. The highest BCUT2D eigenvalue weighted by molar-refractivity contribution is 6.04. The van der Waals surface area contributed by atoms with Gasteiger partial charge in [0.2, 0.25) is 5.54 Å². The minimum Gasteiger partial charge on any atom is -0.479 e. The van der Waals surface area contributed by atoms with Crippen molar-refractivity contribution < 1.29 is 19.8 Å². The summed E-state index contributed by atoms with van der Waals surface area (Å²) in [7, 11) is 0. The summed E-state index contributed by atoms with van der Waals surface area (Å²) in [6, 6.07) is 17.1. The Balaban J connectivity index is 2.67. The Bertz CT molecular complexity index is 586. The van der Waals surface area contributed by atoms with Crippen LogP contribution in [0.5, 0.6) is 0 Å². The molecule has 0 aliphatic heterocycles. The Morgan fingerprint density at radius 3 is 1.43 bits per heavy atom. The van der Waals surface area contributed by atoms with Crippen LogP contribution < -0.4 is 5.73 Å². The molecule has 0 spiro atoms. The molecule has 0 fully saturated rings. The summed E-state index contributed by atoms with van der Waals surface area (Å²) in [6.07, 6.45) is 0. The molecule has 0 amide bonds. The van der Waals surface area contributed by atoms with Crippen molar-refractivity contribution in [3.8, 4) is 0 Å². The van der Waals surface area contributed by atoms with Gasteiger partial charge in [-0.25, -0.2) is 9.59 Å². The van der Waals surface area contributed by atoms with Crippen molar-refractivity contribution in [2.75, 3.05) is 0 Å². The third-order valence-electron chi connectivity index (χ3n) is 3.43. The molecule has 2 rings (SSSR count). The fourth-order valence-corrected chi connectivity index (χ4v) is 2.35. The van der Waals surface area contributed by atoms with Crippen LogP contribution in [-0.4, -0.2) is 27.7 Å². The van der Waals surface area contributed by atoms with Crippen LogP contribution in [0.4, 0.5) is 0 Å². The molecule has 0 saturated heterocycles. The van der Waals surface area contributed by atoms with Crippen molar-refractivity contribution in [2.45, 2.75) is 11.5 Å². The largest absolute Gasteiger partial charge is 0.479 e. The predicted molar refractivity (Wildman–Crippen MR) is 76.9 cm³/mol. The summed E-state index contributed by atoms with van der Waals surface area (Å²) in [5.74, 6) is -4.14. The average molecular weight is 285 g/mol. The molecule has 0 aromatic heterocycles. The van der Waals surface area contributed by atoms with Crippen molar-refractivity contribution in [2.24, 2.45) is 5.73 Å². The van der Waals surface area contributed by atoms with E-state index in [9.17, 15) is 19.8 Å². The fraction of sp³-hybridized carbons (Fsp3) is 0.125. The van der Waals surface area contributed by atoms with Crippen LogP contribution in [0, 0.1) is 0 Å². The first-order valence-electron chi connectivity index (χ1n) is 6.33. The van der Waals surface area contributed by atoms with E-state index >= 15 is 0 Å². The molecule has 0 unspecified atom stereocenters. The molecule has 0 radical (unpaired) electrons. The van der Waals surface area contributed by atoms with Crippen molar-refractivity contribution >= 4 is 11.9 Å². The molecule has 0 saturated carbocycles. The Kier molecular flexibility index (Phi) is 4.05. The maximum absolute atomic E-state index is 11.5. The molecule has 0 aliphatic carbocycles. The first-order chi connectivity index (χ1) is 9.98. The van der Waals surface area contributed by atoms with E-state index < -0.39 is 23.4 Å². The van der Waals surface area contributed by atoms with Crippen molar-refractivity contribution in [1.29, 1.82) is 0 Å². The molecular weight excluding hydrogens is 270 g/mol. The van der Waals surface area contributed by atoms with E-state index in [1.54, 1.807) is 60.7 Å². The Morgan fingerprint density at radius 2 is 1.14 bits per heavy atom. The topological polar surface area (TPSA) is 101 Å². The molecule has 4 N–H and O–H groups in total. The molecule has 21 heavy (non-hydrogen) atoms. The summed E-state index contributed by atoms with van der Waals surface area (Å²) in [4.78, 5) is 23.1. The smallest absolute Gasteiger partial charge is 0.336 e. The Morgan fingerprint density at radius 1 is 0.810 bits per heavy atom. The molecule has 108 valence electrons. The van der Waals surface area contributed by atoms with E-state index in [-0.39, 0.29) is 0 Å². The summed E-state index contributed by atoms with van der Waals surface area (Å²) < 4.78 is 0. The molecular formula is C16H15NO4.